The van der Waals surface area contributed by atoms with Gasteiger partial charge in [-0.25, -0.2) is 9.97 Å². The third-order valence-electron chi connectivity index (χ3n) is 2.26. The molecule has 18 heavy (non-hydrogen) atoms. The summed E-state index contributed by atoms with van der Waals surface area (Å²) in [5.41, 5.74) is 0.912. The zero-order valence-corrected chi connectivity index (χ0v) is 10.9. The predicted molar refractivity (Wildman–Crippen MR) is 67.2 cm³/mol. The fourth-order valence-corrected chi connectivity index (χ4v) is 1.39. The van der Waals surface area contributed by atoms with Crippen LogP contribution >= 0.6 is 0 Å². The van der Waals surface area contributed by atoms with Crippen LogP contribution in [0.4, 0.5) is 0 Å². The summed E-state index contributed by atoms with van der Waals surface area (Å²) in [7, 11) is 1.62. The van der Waals surface area contributed by atoms with Crippen LogP contribution < -0.4 is 5.32 Å². The number of aliphatic hydroxyl groups is 1. The SMILES string of the molecule is COCCOCC(O)CNCc1ccnc(C)n1. The molecule has 0 amide bonds. The topological polar surface area (TPSA) is 76.5 Å². The van der Waals surface area contributed by atoms with Crippen LogP contribution in [0, 0.1) is 6.92 Å². The predicted octanol–water partition coefficient (Wildman–Crippen LogP) is -0.101. The number of methoxy groups -OCH3 is 1. The monoisotopic (exact) mass is 255 g/mol. The average molecular weight is 255 g/mol. The highest BCUT2D eigenvalue weighted by Gasteiger charge is 2.04. The molecule has 1 atom stereocenters. The Morgan fingerprint density at radius 1 is 1.44 bits per heavy atom. The molecule has 0 aliphatic heterocycles. The van der Waals surface area contributed by atoms with Gasteiger partial charge < -0.3 is 19.9 Å². The molecule has 1 unspecified atom stereocenters. The highest BCUT2D eigenvalue weighted by Crippen LogP contribution is 1.94. The second kappa shape index (κ2) is 8.93. The Labute approximate surface area is 107 Å². The highest BCUT2D eigenvalue weighted by atomic mass is 16.5. The maximum atomic E-state index is 9.62. The second-order valence-corrected chi connectivity index (χ2v) is 3.95. The lowest BCUT2D eigenvalue weighted by Crippen LogP contribution is -2.30. The molecule has 0 saturated heterocycles. The summed E-state index contributed by atoms with van der Waals surface area (Å²) < 4.78 is 10.1. The molecule has 0 fully saturated rings. The minimum atomic E-state index is -0.523. The van der Waals surface area contributed by atoms with Crippen molar-refractivity contribution in [2.24, 2.45) is 0 Å². The molecule has 6 nitrogen and oxygen atoms in total. The van der Waals surface area contributed by atoms with Gasteiger partial charge in [-0.2, -0.15) is 0 Å². The summed E-state index contributed by atoms with van der Waals surface area (Å²) in [5.74, 6) is 0.748. The second-order valence-electron chi connectivity index (χ2n) is 3.95. The van der Waals surface area contributed by atoms with E-state index < -0.39 is 6.10 Å². The van der Waals surface area contributed by atoms with Gasteiger partial charge in [0.1, 0.15) is 5.82 Å². The van der Waals surface area contributed by atoms with Gasteiger partial charge in [0, 0.05) is 26.4 Å². The number of rotatable bonds is 9. The van der Waals surface area contributed by atoms with E-state index in [1.807, 2.05) is 13.0 Å². The Morgan fingerprint density at radius 2 is 2.28 bits per heavy atom. The summed E-state index contributed by atoms with van der Waals surface area (Å²) in [6.07, 6.45) is 1.20. The van der Waals surface area contributed by atoms with Gasteiger partial charge in [0.05, 0.1) is 31.6 Å². The lowest BCUT2D eigenvalue weighted by molar-refractivity contribution is 0.0137. The third-order valence-corrected chi connectivity index (χ3v) is 2.26. The molecule has 0 radical (unpaired) electrons. The van der Waals surface area contributed by atoms with Crippen molar-refractivity contribution in [3.63, 3.8) is 0 Å². The maximum Gasteiger partial charge on any atom is 0.125 e. The molecule has 0 spiro atoms. The van der Waals surface area contributed by atoms with Crippen molar-refractivity contribution in [2.45, 2.75) is 19.6 Å². The van der Waals surface area contributed by atoms with Gasteiger partial charge in [-0.3, -0.25) is 0 Å². The largest absolute Gasteiger partial charge is 0.389 e. The van der Waals surface area contributed by atoms with Crippen molar-refractivity contribution in [1.29, 1.82) is 0 Å². The van der Waals surface area contributed by atoms with Crippen molar-refractivity contribution in [2.75, 3.05) is 33.5 Å². The van der Waals surface area contributed by atoms with Crippen molar-refractivity contribution in [3.05, 3.63) is 23.8 Å². The first-order valence-electron chi connectivity index (χ1n) is 5.96. The zero-order valence-electron chi connectivity index (χ0n) is 10.9. The summed E-state index contributed by atoms with van der Waals surface area (Å²) in [5, 5.41) is 12.7. The van der Waals surface area contributed by atoms with E-state index in [1.165, 1.54) is 0 Å². The molecule has 102 valence electrons. The van der Waals surface area contributed by atoms with Crippen LogP contribution in [0.2, 0.25) is 0 Å². The standard InChI is InChI=1S/C12H21N3O3/c1-10-14-4-3-11(15-10)7-13-8-12(16)9-18-6-5-17-2/h3-4,12-13,16H,5-9H2,1-2H3. The number of nitrogens with one attached hydrogen (secondary N) is 1. The first-order valence-corrected chi connectivity index (χ1v) is 5.96. The first kappa shape index (κ1) is 15.0. The Hall–Kier alpha value is -1.08. The van der Waals surface area contributed by atoms with Crippen LogP contribution in [0.15, 0.2) is 12.3 Å². The van der Waals surface area contributed by atoms with E-state index in [0.29, 0.717) is 32.9 Å². The summed E-state index contributed by atoms with van der Waals surface area (Å²) in [6, 6.07) is 1.85. The number of aromatic nitrogens is 2. The maximum absolute atomic E-state index is 9.62. The molecule has 0 aromatic carbocycles. The number of ether oxygens (including phenoxy) is 2. The fraction of sp³-hybridized carbons (Fsp3) is 0.667. The minimum absolute atomic E-state index is 0.305. The van der Waals surface area contributed by atoms with Crippen molar-refractivity contribution in [1.82, 2.24) is 15.3 Å². The molecule has 0 saturated carbocycles. The average Bonchev–Trinajstić information content (AvgIpc) is 2.35. The number of nitrogens with zero attached hydrogens (tertiary/aromatic N) is 2. The smallest absolute Gasteiger partial charge is 0.125 e. The van der Waals surface area contributed by atoms with Gasteiger partial charge in [0.25, 0.3) is 0 Å². The van der Waals surface area contributed by atoms with E-state index in [9.17, 15) is 5.11 Å². The number of aliphatic hydroxyl groups excluding tert-OH is 1. The van der Waals surface area contributed by atoms with Crippen LogP contribution in [0.3, 0.4) is 0 Å². The molecule has 0 bridgehead atoms. The fourth-order valence-electron chi connectivity index (χ4n) is 1.39. The molecule has 2 N–H and O–H groups in total. The molecule has 1 aromatic rings. The van der Waals surface area contributed by atoms with Crippen LogP contribution in [-0.4, -0.2) is 54.7 Å². The molecule has 0 aliphatic carbocycles. The van der Waals surface area contributed by atoms with Gasteiger partial charge in [-0.15, -0.1) is 0 Å². The Kier molecular flexibility index (Phi) is 7.43. The summed E-state index contributed by atoms with van der Waals surface area (Å²) in [4.78, 5) is 8.27. The molecule has 1 rings (SSSR count). The van der Waals surface area contributed by atoms with Crippen LogP contribution in [0.25, 0.3) is 0 Å². The number of hydrogen-bond donors (Lipinski definition) is 2. The molecule has 0 aliphatic rings. The number of aryl methyl sites for hydroxylation is 1. The van der Waals surface area contributed by atoms with E-state index in [-0.39, 0.29) is 0 Å². The van der Waals surface area contributed by atoms with Gasteiger partial charge in [-0.05, 0) is 13.0 Å². The van der Waals surface area contributed by atoms with E-state index in [2.05, 4.69) is 15.3 Å². The van der Waals surface area contributed by atoms with Crippen LogP contribution in [0.5, 0.6) is 0 Å². The van der Waals surface area contributed by atoms with Gasteiger partial charge in [0.15, 0.2) is 0 Å². The van der Waals surface area contributed by atoms with Crippen LogP contribution in [-0.2, 0) is 16.0 Å². The van der Waals surface area contributed by atoms with E-state index >= 15 is 0 Å². The first-order chi connectivity index (χ1) is 8.72. The quantitative estimate of drug-likeness (QED) is 0.600. The normalized spacial score (nSPS) is 12.6. The number of hydrogen-bond acceptors (Lipinski definition) is 6. The van der Waals surface area contributed by atoms with E-state index in [0.717, 1.165) is 11.5 Å². The van der Waals surface area contributed by atoms with E-state index in [4.69, 9.17) is 9.47 Å². The lowest BCUT2D eigenvalue weighted by Gasteiger charge is -2.12. The molecule has 1 aromatic heterocycles. The summed E-state index contributed by atoms with van der Waals surface area (Å²) >= 11 is 0. The van der Waals surface area contributed by atoms with Crippen molar-refractivity contribution in [3.8, 4) is 0 Å². The molecular weight excluding hydrogens is 234 g/mol. The van der Waals surface area contributed by atoms with Gasteiger partial charge in [0.2, 0.25) is 0 Å². The Morgan fingerprint density at radius 3 is 3.00 bits per heavy atom. The lowest BCUT2D eigenvalue weighted by atomic mass is 10.3. The highest BCUT2D eigenvalue weighted by molar-refractivity contribution is 5.00. The molecule has 1 heterocycles. The van der Waals surface area contributed by atoms with E-state index in [1.54, 1.807) is 13.3 Å². The van der Waals surface area contributed by atoms with Gasteiger partial charge >= 0.3 is 0 Å². The van der Waals surface area contributed by atoms with Crippen molar-refractivity contribution < 1.29 is 14.6 Å². The van der Waals surface area contributed by atoms with Crippen LogP contribution in [0.1, 0.15) is 11.5 Å². The molecule has 6 heteroatoms. The third kappa shape index (κ3) is 6.61. The zero-order chi connectivity index (χ0) is 13.2. The Bertz CT molecular complexity index is 336. The van der Waals surface area contributed by atoms with Gasteiger partial charge in [-0.1, -0.05) is 0 Å². The van der Waals surface area contributed by atoms with Crippen molar-refractivity contribution >= 4 is 0 Å². The summed E-state index contributed by atoms with van der Waals surface area (Å²) in [6.45, 7) is 4.27. The Balaban J connectivity index is 2.09. The molecular formula is C12H21N3O3. The minimum Gasteiger partial charge on any atom is -0.389 e.